The zero-order valence-electron chi connectivity index (χ0n) is 19.3. The van der Waals surface area contributed by atoms with E-state index in [9.17, 15) is 13.2 Å². The first kappa shape index (κ1) is 23.2. The first-order valence-electron chi connectivity index (χ1n) is 11.1. The summed E-state index contributed by atoms with van der Waals surface area (Å²) in [7, 11) is -1.13. The molecular weight excluding hydrogens is 436 g/mol. The van der Waals surface area contributed by atoms with E-state index in [0.717, 1.165) is 41.0 Å². The molecule has 33 heavy (non-hydrogen) atoms. The standard InChI is InChI=1S/C25H30N4O3S/c1-18-6-4-9-22(19(18)2)23-17-28(3)25(30)24(27-23)26-21-8-5-7-20(16-21)10-11-29-12-14-33(31,32)15-13-29/h4-9,16-17H,10-15H2,1-3H3,(H,26,27). The average Bonchev–Trinajstić information content (AvgIpc) is 2.78. The van der Waals surface area contributed by atoms with Gasteiger partial charge in [-0.1, -0.05) is 30.3 Å². The predicted molar refractivity (Wildman–Crippen MR) is 133 cm³/mol. The Balaban J connectivity index is 1.52. The molecule has 1 aromatic heterocycles. The summed E-state index contributed by atoms with van der Waals surface area (Å²) in [6.07, 6.45) is 2.58. The minimum atomic E-state index is -2.87. The topological polar surface area (TPSA) is 84.3 Å². The number of aromatic nitrogens is 2. The molecule has 0 bridgehead atoms. The van der Waals surface area contributed by atoms with Gasteiger partial charge in [0.1, 0.15) is 0 Å². The second kappa shape index (κ2) is 9.49. The van der Waals surface area contributed by atoms with Crippen LogP contribution < -0.4 is 10.9 Å². The van der Waals surface area contributed by atoms with Crippen LogP contribution in [-0.4, -0.2) is 54.0 Å². The highest BCUT2D eigenvalue weighted by molar-refractivity contribution is 7.91. The number of nitrogens with zero attached hydrogens (tertiary/aromatic N) is 3. The van der Waals surface area contributed by atoms with Gasteiger partial charge < -0.3 is 14.8 Å². The summed E-state index contributed by atoms with van der Waals surface area (Å²) >= 11 is 0. The van der Waals surface area contributed by atoms with Crippen molar-refractivity contribution >= 4 is 21.3 Å². The molecule has 1 fully saturated rings. The molecule has 0 spiro atoms. The Hall–Kier alpha value is -2.97. The molecule has 0 amide bonds. The van der Waals surface area contributed by atoms with Gasteiger partial charge in [-0.2, -0.15) is 0 Å². The number of rotatable bonds is 6. The fourth-order valence-corrected chi connectivity index (χ4v) is 5.33. The Morgan fingerprint density at radius 1 is 1.06 bits per heavy atom. The van der Waals surface area contributed by atoms with Gasteiger partial charge in [0, 0.05) is 44.1 Å². The summed E-state index contributed by atoms with van der Waals surface area (Å²) in [6.45, 7) is 6.11. The van der Waals surface area contributed by atoms with Crippen LogP contribution >= 0.6 is 0 Å². The van der Waals surface area contributed by atoms with Crippen LogP contribution in [0.3, 0.4) is 0 Å². The normalized spacial score (nSPS) is 16.0. The van der Waals surface area contributed by atoms with Gasteiger partial charge in [0.05, 0.1) is 17.2 Å². The van der Waals surface area contributed by atoms with Crippen molar-refractivity contribution in [1.29, 1.82) is 0 Å². The maximum absolute atomic E-state index is 12.8. The SMILES string of the molecule is Cc1cccc(-c2cn(C)c(=O)c(Nc3cccc(CCN4CCS(=O)(=O)CC4)c3)n2)c1C. The van der Waals surface area contributed by atoms with Crippen LogP contribution in [0.25, 0.3) is 11.3 Å². The Kier molecular flexibility index (Phi) is 6.67. The molecule has 0 atom stereocenters. The number of hydrogen-bond acceptors (Lipinski definition) is 6. The van der Waals surface area contributed by atoms with Gasteiger partial charge in [0.15, 0.2) is 15.7 Å². The Morgan fingerprint density at radius 3 is 2.55 bits per heavy atom. The fourth-order valence-electron chi connectivity index (χ4n) is 4.05. The van der Waals surface area contributed by atoms with Crippen molar-refractivity contribution in [2.75, 3.05) is 36.5 Å². The third-order valence-electron chi connectivity index (χ3n) is 6.30. The largest absolute Gasteiger partial charge is 0.336 e. The maximum atomic E-state index is 12.8. The molecule has 3 aromatic rings. The molecule has 1 saturated heterocycles. The molecular formula is C25H30N4O3S. The molecule has 8 heteroatoms. The minimum Gasteiger partial charge on any atom is -0.336 e. The van der Waals surface area contributed by atoms with Gasteiger partial charge in [-0.25, -0.2) is 13.4 Å². The lowest BCUT2D eigenvalue weighted by Gasteiger charge is -2.26. The van der Waals surface area contributed by atoms with Gasteiger partial charge in [-0.3, -0.25) is 4.79 Å². The van der Waals surface area contributed by atoms with Gasteiger partial charge in [-0.15, -0.1) is 0 Å². The minimum absolute atomic E-state index is 0.191. The molecule has 2 aromatic carbocycles. The van der Waals surface area contributed by atoms with Gasteiger partial charge in [0.2, 0.25) is 0 Å². The first-order chi connectivity index (χ1) is 15.7. The van der Waals surface area contributed by atoms with E-state index in [0.29, 0.717) is 13.1 Å². The maximum Gasteiger partial charge on any atom is 0.293 e. The lowest BCUT2D eigenvalue weighted by molar-refractivity contribution is 0.299. The second-order valence-corrected chi connectivity index (χ2v) is 11.0. The predicted octanol–water partition coefficient (Wildman–Crippen LogP) is 3.08. The van der Waals surface area contributed by atoms with E-state index >= 15 is 0 Å². The van der Waals surface area contributed by atoms with Crippen molar-refractivity contribution in [3.63, 3.8) is 0 Å². The average molecular weight is 467 g/mol. The Morgan fingerprint density at radius 2 is 1.79 bits per heavy atom. The molecule has 4 rings (SSSR count). The summed E-state index contributed by atoms with van der Waals surface area (Å²) in [6, 6.07) is 14.0. The Labute approximate surface area is 195 Å². The van der Waals surface area contributed by atoms with Crippen LogP contribution in [0.15, 0.2) is 53.5 Å². The summed E-state index contributed by atoms with van der Waals surface area (Å²) in [4.78, 5) is 19.6. The molecule has 1 aliphatic rings. The molecule has 0 radical (unpaired) electrons. The van der Waals surface area contributed by atoms with Crippen LogP contribution in [0.2, 0.25) is 0 Å². The third-order valence-corrected chi connectivity index (χ3v) is 7.90. The van der Waals surface area contributed by atoms with Crippen molar-refractivity contribution in [2.24, 2.45) is 7.05 Å². The number of aryl methyl sites for hydroxylation is 2. The molecule has 0 aliphatic carbocycles. The zero-order chi connectivity index (χ0) is 23.6. The van der Waals surface area contributed by atoms with E-state index in [4.69, 9.17) is 0 Å². The fraction of sp³-hybridized carbons (Fsp3) is 0.360. The number of nitrogens with one attached hydrogen (secondary N) is 1. The lowest BCUT2D eigenvalue weighted by atomic mass is 10.0. The van der Waals surface area contributed by atoms with Crippen molar-refractivity contribution < 1.29 is 8.42 Å². The van der Waals surface area contributed by atoms with Crippen LogP contribution in [-0.2, 0) is 23.3 Å². The highest BCUT2D eigenvalue weighted by Crippen LogP contribution is 2.24. The van der Waals surface area contributed by atoms with Crippen molar-refractivity contribution in [3.05, 3.63) is 75.7 Å². The smallest absolute Gasteiger partial charge is 0.293 e. The van der Waals surface area contributed by atoms with E-state index in [1.807, 2.05) is 36.4 Å². The number of benzene rings is 2. The quantitative estimate of drug-likeness (QED) is 0.601. The lowest BCUT2D eigenvalue weighted by Crippen LogP contribution is -2.41. The van der Waals surface area contributed by atoms with E-state index in [1.54, 1.807) is 17.8 Å². The van der Waals surface area contributed by atoms with Crippen molar-refractivity contribution in [3.8, 4) is 11.3 Å². The highest BCUT2D eigenvalue weighted by atomic mass is 32.2. The van der Waals surface area contributed by atoms with E-state index < -0.39 is 9.84 Å². The Bertz CT molecular complexity index is 1320. The number of anilines is 2. The van der Waals surface area contributed by atoms with Crippen molar-refractivity contribution in [2.45, 2.75) is 20.3 Å². The monoisotopic (exact) mass is 466 g/mol. The molecule has 2 heterocycles. The molecule has 1 N–H and O–H groups in total. The van der Waals surface area contributed by atoms with E-state index in [1.165, 1.54) is 5.56 Å². The highest BCUT2D eigenvalue weighted by Gasteiger charge is 2.21. The zero-order valence-corrected chi connectivity index (χ0v) is 20.2. The van der Waals surface area contributed by atoms with Crippen LogP contribution in [0.5, 0.6) is 0 Å². The summed E-state index contributed by atoms with van der Waals surface area (Å²) in [5.41, 5.74) is 5.80. The summed E-state index contributed by atoms with van der Waals surface area (Å²) < 4.78 is 24.8. The number of hydrogen-bond donors (Lipinski definition) is 1. The molecule has 0 saturated carbocycles. The van der Waals surface area contributed by atoms with Gasteiger partial charge in [0.25, 0.3) is 5.56 Å². The van der Waals surface area contributed by atoms with E-state index in [2.05, 4.69) is 35.1 Å². The third kappa shape index (κ3) is 5.51. The molecule has 1 aliphatic heterocycles. The molecule has 0 unspecified atom stereocenters. The second-order valence-electron chi connectivity index (χ2n) is 8.71. The molecule has 174 valence electrons. The van der Waals surface area contributed by atoms with Crippen LogP contribution in [0.1, 0.15) is 16.7 Å². The van der Waals surface area contributed by atoms with Crippen LogP contribution in [0, 0.1) is 13.8 Å². The number of sulfone groups is 1. The van der Waals surface area contributed by atoms with E-state index in [-0.39, 0.29) is 22.9 Å². The first-order valence-corrected chi connectivity index (χ1v) is 13.0. The van der Waals surface area contributed by atoms with Crippen molar-refractivity contribution in [1.82, 2.24) is 14.5 Å². The van der Waals surface area contributed by atoms with Crippen LogP contribution in [0.4, 0.5) is 11.5 Å². The summed E-state index contributed by atoms with van der Waals surface area (Å²) in [5.74, 6) is 0.759. The summed E-state index contributed by atoms with van der Waals surface area (Å²) in [5, 5.41) is 3.21. The molecule has 7 nitrogen and oxygen atoms in total. The van der Waals surface area contributed by atoms with Gasteiger partial charge >= 0.3 is 0 Å². The van der Waals surface area contributed by atoms with Gasteiger partial charge in [-0.05, 0) is 49.1 Å².